The number of furan rings is 1. The third kappa shape index (κ3) is 3.73. The lowest BCUT2D eigenvalue weighted by Gasteiger charge is -2.51. The first-order chi connectivity index (χ1) is 12.0. The third-order valence-corrected chi connectivity index (χ3v) is 5.71. The van der Waals surface area contributed by atoms with Crippen LogP contribution in [0.25, 0.3) is 0 Å². The van der Waals surface area contributed by atoms with Crippen molar-refractivity contribution in [1.82, 2.24) is 15.1 Å². The van der Waals surface area contributed by atoms with Gasteiger partial charge in [-0.2, -0.15) is 0 Å². The fourth-order valence-electron chi connectivity index (χ4n) is 4.34. The highest BCUT2D eigenvalue weighted by Crippen LogP contribution is 2.46. The Labute approximate surface area is 149 Å². The normalized spacial score (nSPS) is 26.6. The minimum Gasteiger partial charge on any atom is -0.467 e. The highest BCUT2D eigenvalue weighted by Gasteiger charge is 2.52. The minimum absolute atomic E-state index is 0.0269. The molecule has 0 aromatic carbocycles. The average molecular weight is 347 g/mol. The molecule has 2 aliphatic rings. The summed E-state index contributed by atoms with van der Waals surface area (Å²) in [5.74, 6) is 1.03. The maximum Gasteiger partial charge on any atom is 0.228 e. The van der Waals surface area contributed by atoms with E-state index in [0.717, 1.165) is 38.0 Å². The summed E-state index contributed by atoms with van der Waals surface area (Å²) in [5, 5.41) is 3.06. The molecule has 0 bridgehead atoms. The number of likely N-dealkylation sites (N-methyl/N-ethyl adjacent to an activating group) is 1. The molecule has 1 aliphatic carbocycles. The van der Waals surface area contributed by atoms with E-state index in [1.165, 1.54) is 0 Å². The van der Waals surface area contributed by atoms with E-state index >= 15 is 0 Å². The van der Waals surface area contributed by atoms with Crippen molar-refractivity contribution in [2.75, 3.05) is 27.2 Å². The number of fused-ring (bicyclic) bond motifs is 1. The molecule has 138 valence electrons. The Morgan fingerprint density at radius 2 is 2.24 bits per heavy atom. The lowest BCUT2D eigenvalue weighted by Crippen LogP contribution is -2.62. The Balaban J connectivity index is 1.75. The fourth-order valence-corrected chi connectivity index (χ4v) is 4.34. The highest BCUT2D eigenvalue weighted by molar-refractivity contribution is 5.88. The molecule has 1 N–H and O–H groups in total. The second kappa shape index (κ2) is 7.60. The second-order valence-electron chi connectivity index (χ2n) is 7.57. The zero-order valence-corrected chi connectivity index (χ0v) is 15.3. The lowest BCUT2D eigenvalue weighted by molar-refractivity contribution is -0.155. The molecule has 1 aliphatic heterocycles. The van der Waals surface area contributed by atoms with Gasteiger partial charge in [0.05, 0.1) is 18.2 Å². The molecule has 1 aromatic heterocycles. The van der Waals surface area contributed by atoms with Gasteiger partial charge in [0.15, 0.2) is 0 Å². The molecule has 0 spiro atoms. The number of hydrogen-bond acceptors (Lipinski definition) is 4. The Hall–Kier alpha value is -1.82. The fraction of sp³-hybridized carbons (Fsp3) is 0.684. The van der Waals surface area contributed by atoms with Gasteiger partial charge in [0.25, 0.3) is 0 Å². The van der Waals surface area contributed by atoms with Gasteiger partial charge in [0, 0.05) is 25.6 Å². The number of carbonyl (C=O) groups excluding carboxylic acids is 2. The highest BCUT2D eigenvalue weighted by atomic mass is 16.3. The van der Waals surface area contributed by atoms with Gasteiger partial charge >= 0.3 is 0 Å². The first-order valence-electron chi connectivity index (χ1n) is 9.28. The number of hydrogen-bond donors (Lipinski definition) is 1. The van der Waals surface area contributed by atoms with Crippen molar-refractivity contribution < 1.29 is 14.0 Å². The van der Waals surface area contributed by atoms with Crippen LogP contribution in [0, 0.1) is 5.41 Å². The van der Waals surface area contributed by atoms with E-state index in [2.05, 4.69) is 10.2 Å². The molecule has 6 nitrogen and oxygen atoms in total. The van der Waals surface area contributed by atoms with E-state index in [-0.39, 0.29) is 17.9 Å². The van der Waals surface area contributed by atoms with Gasteiger partial charge in [-0.05, 0) is 45.5 Å². The van der Waals surface area contributed by atoms with Crippen LogP contribution in [-0.2, 0) is 16.1 Å². The summed E-state index contributed by atoms with van der Waals surface area (Å²) in [6.07, 6.45) is 6.69. The summed E-state index contributed by atoms with van der Waals surface area (Å²) in [5.41, 5.74) is -0.439. The summed E-state index contributed by atoms with van der Waals surface area (Å²) in [4.78, 5) is 29.7. The minimum atomic E-state index is -0.439. The van der Waals surface area contributed by atoms with Crippen LogP contribution in [0.4, 0.5) is 0 Å². The van der Waals surface area contributed by atoms with E-state index in [9.17, 15) is 9.59 Å². The van der Waals surface area contributed by atoms with E-state index in [4.69, 9.17) is 4.42 Å². The van der Waals surface area contributed by atoms with Crippen molar-refractivity contribution in [2.24, 2.45) is 5.41 Å². The van der Waals surface area contributed by atoms with E-state index in [1.54, 1.807) is 6.26 Å². The van der Waals surface area contributed by atoms with E-state index in [1.807, 2.05) is 31.1 Å². The number of amides is 2. The maximum absolute atomic E-state index is 13.1. The van der Waals surface area contributed by atoms with Gasteiger partial charge in [-0.3, -0.25) is 9.59 Å². The van der Waals surface area contributed by atoms with Crippen molar-refractivity contribution >= 4 is 11.8 Å². The number of carbonyl (C=O) groups is 2. The number of nitrogens with one attached hydrogen (secondary N) is 1. The molecule has 2 amide bonds. The van der Waals surface area contributed by atoms with Crippen LogP contribution in [0.2, 0.25) is 0 Å². The predicted octanol–water partition coefficient (Wildman–Crippen LogP) is 2.01. The molecule has 0 radical (unpaired) electrons. The molecule has 3 rings (SSSR count). The molecule has 1 saturated carbocycles. The van der Waals surface area contributed by atoms with Crippen LogP contribution in [-0.4, -0.2) is 54.8 Å². The standard InChI is InChI=1S/C19H29N3O3/c1-21(2)11-12-22-16-7-3-4-9-19(16,10-8-17(22)23)18(24)20-14-15-6-5-13-25-15/h5-6,13,16H,3-4,7-12,14H2,1-2H3,(H,20,24)/t16-,19-/m1/s1. The second-order valence-corrected chi connectivity index (χ2v) is 7.57. The first kappa shape index (κ1) is 18.0. The van der Waals surface area contributed by atoms with Gasteiger partial charge < -0.3 is 19.5 Å². The van der Waals surface area contributed by atoms with Gasteiger partial charge in [0.1, 0.15) is 5.76 Å². The van der Waals surface area contributed by atoms with Crippen LogP contribution in [0.3, 0.4) is 0 Å². The molecule has 2 fully saturated rings. The van der Waals surface area contributed by atoms with Crippen LogP contribution in [0.1, 0.15) is 44.3 Å². The van der Waals surface area contributed by atoms with Gasteiger partial charge in [-0.15, -0.1) is 0 Å². The number of nitrogens with zero attached hydrogens (tertiary/aromatic N) is 2. The first-order valence-corrected chi connectivity index (χ1v) is 9.28. The van der Waals surface area contributed by atoms with Gasteiger partial charge in [0.2, 0.25) is 11.8 Å². The van der Waals surface area contributed by atoms with Crippen LogP contribution >= 0.6 is 0 Å². The van der Waals surface area contributed by atoms with Gasteiger partial charge in [-0.25, -0.2) is 0 Å². The molecule has 6 heteroatoms. The Kier molecular flexibility index (Phi) is 5.47. The van der Waals surface area contributed by atoms with Crippen LogP contribution < -0.4 is 5.32 Å². The van der Waals surface area contributed by atoms with Crippen LogP contribution in [0.5, 0.6) is 0 Å². The molecular formula is C19H29N3O3. The molecule has 1 saturated heterocycles. The Morgan fingerprint density at radius 1 is 1.40 bits per heavy atom. The van der Waals surface area contributed by atoms with Crippen molar-refractivity contribution in [1.29, 1.82) is 0 Å². The van der Waals surface area contributed by atoms with Crippen molar-refractivity contribution in [2.45, 2.75) is 51.1 Å². The third-order valence-electron chi connectivity index (χ3n) is 5.71. The predicted molar refractivity (Wildman–Crippen MR) is 94.7 cm³/mol. The van der Waals surface area contributed by atoms with Gasteiger partial charge in [-0.1, -0.05) is 12.8 Å². The Bertz CT molecular complexity index is 599. The summed E-state index contributed by atoms with van der Waals surface area (Å²) in [6, 6.07) is 3.72. The number of rotatable bonds is 6. The zero-order valence-electron chi connectivity index (χ0n) is 15.3. The molecule has 2 atom stereocenters. The molecule has 2 heterocycles. The summed E-state index contributed by atoms with van der Waals surface area (Å²) >= 11 is 0. The quantitative estimate of drug-likeness (QED) is 0.855. The number of likely N-dealkylation sites (tertiary alicyclic amines) is 1. The zero-order chi connectivity index (χ0) is 17.9. The summed E-state index contributed by atoms with van der Waals surface area (Å²) < 4.78 is 5.32. The molecule has 1 aromatic rings. The summed E-state index contributed by atoms with van der Waals surface area (Å²) in [6.45, 7) is 1.93. The average Bonchev–Trinajstić information content (AvgIpc) is 3.12. The Morgan fingerprint density at radius 3 is 2.96 bits per heavy atom. The molecule has 25 heavy (non-hydrogen) atoms. The largest absolute Gasteiger partial charge is 0.467 e. The topological polar surface area (TPSA) is 65.8 Å². The monoisotopic (exact) mass is 347 g/mol. The number of piperidine rings is 1. The summed E-state index contributed by atoms with van der Waals surface area (Å²) in [7, 11) is 4.03. The smallest absolute Gasteiger partial charge is 0.228 e. The van der Waals surface area contributed by atoms with Crippen LogP contribution in [0.15, 0.2) is 22.8 Å². The SMILES string of the molecule is CN(C)CCN1C(=O)CC[C@]2(C(=O)NCc3ccco3)CCCC[C@@H]12. The molecule has 0 unspecified atom stereocenters. The maximum atomic E-state index is 13.1. The van der Waals surface area contributed by atoms with E-state index < -0.39 is 5.41 Å². The van der Waals surface area contributed by atoms with Crippen molar-refractivity contribution in [3.63, 3.8) is 0 Å². The van der Waals surface area contributed by atoms with Crippen molar-refractivity contribution in [3.05, 3.63) is 24.2 Å². The van der Waals surface area contributed by atoms with E-state index in [0.29, 0.717) is 25.9 Å². The van der Waals surface area contributed by atoms with Crippen molar-refractivity contribution in [3.8, 4) is 0 Å². The lowest BCUT2D eigenvalue weighted by atomic mass is 9.64. The molecular weight excluding hydrogens is 318 g/mol.